The van der Waals surface area contributed by atoms with E-state index in [2.05, 4.69) is 4.98 Å². The van der Waals surface area contributed by atoms with Crippen molar-refractivity contribution in [1.29, 1.82) is 5.26 Å². The summed E-state index contributed by atoms with van der Waals surface area (Å²) >= 11 is 0. The van der Waals surface area contributed by atoms with E-state index in [1.54, 1.807) is 12.1 Å². The number of carbonyl (C=O) groups excluding carboxylic acids is 1. The Balaban J connectivity index is 1.72. The minimum Gasteiger partial charge on any atom is -0.466 e. The fraction of sp³-hybridized carbons (Fsp3) is 0.235. The van der Waals surface area contributed by atoms with Crippen molar-refractivity contribution in [3.8, 4) is 22.9 Å². The molecular weight excluding hydrogens is 327 g/mol. The number of rotatable bonds is 2. The molecule has 1 saturated heterocycles. The summed E-state index contributed by atoms with van der Waals surface area (Å²) in [6.45, 7) is 0.327. The van der Waals surface area contributed by atoms with E-state index < -0.39 is 24.2 Å². The van der Waals surface area contributed by atoms with Gasteiger partial charge in [0.25, 0.3) is 0 Å². The van der Waals surface area contributed by atoms with Crippen molar-refractivity contribution >= 4 is 6.09 Å². The summed E-state index contributed by atoms with van der Waals surface area (Å²) in [5.74, 6) is 0.00834. The Labute approximate surface area is 142 Å². The molecule has 1 amide bonds. The minimum atomic E-state index is -0.623. The molecular formula is C17H13FN4O3. The van der Waals surface area contributed by atoms with Gasteiger partial charge >= 0.3 is 6.09 Å². The Morgan fingerprint density at radius 1 is 1.40 bits per heavy atom. The summed E-state index contributed by atoms with van der Waals surface area (Å²) in [6.07, 6.45) is -0.274. The number of nitriles is 1. The lowest BCUT2D eigenvalue weighted by Crippen LogP contribution is -2.46. The van der Waals surface area contributed by atoms with Crippen LogP contribution in [-0.2, 0) is 11.3 Å². The third-order valence-electron chi connectivity index (χ3n) is 4.27. The van der Waals surface area contributed by atoms with Crippen molar-refractivity contribution in [2.75, 3.05) is 6.54 Å². The Morgan fingerprint density at radius 3 is 2.92 bits per heavy atom. The van der Waals surface area contributed by atoms with Crippen molar-refractivity contribution in [2.24, 2.45) is 5.73 Å². The molecule has 7 nitrogen and oxygen atoms in total. The molecule has 4 rings (SSSR count). The van der Waals surface area contributed by atoms with Gasteiger partial charge in [-0.25, -0.2) is 14.2 Å². The number of fused-ring (bicyclic) bond motifs is 2. The van der Waals surface area contributed by atoms with Crippen molar-refractivity contribution < 1.29 is 18.7 Å². The molecule has 1 aromatic heterocycles. The lowest BCUT2D eigenvalue weighted by Gasteiger charge is -2.31. The highest BCUT2D eigenvalue weighted by molar-refractivity contribution is 5.72. The van der Waals surface area contributed by atoms with Crippen LogP contribution in [0.15, 0.2) is 30.5 Å². The van der Waals surface area contributed by atoms with E-state index in [4.69, 9.17) is 20.5 Å². The number of hydrogen-bond acceptors (Lipinski definition) is 6. The van der Waals surface area contributed by atoms with Crippen molar-refractivity contribution in [1.82, 2.24) is 9.88 Å². The lowest BCUT2D eigenvalue weighted by molar-refractivity contribution is 0.0220. The van der Waals surface area contributed by atoms with Crippen LogP contribution in [0, 0.1) is 17.1 Å². The number of pyridine rings is 1. The van der Waals surface area contributed by atoms with Crippen LogP contribution in [0.3, 0.4) is 0 Å². The highest BCUT2D eigenvalue weighted by Crippen LogP contribution is 2.37. The normalized spacial score (nSPS) is 21.0. The molecule has 2 aromatic rings. The molecule has 0 bridgehead atoms. The maximum atomic E-state index is 14.5. The van der Waals surface area contributed by atoms with Crippen LogP contribution >= 0.6 is 0 Å². The Kier molecular flexibility index (Phi) is 3.51. The smallest absolute Gasteiger partial charge is 0.413 e. The highest BCUT2D eigenvalue weighted by atomic mass is 19.1. The molecule has 2 atom stereocenters. The monoisotopic (exact) mass is 340 g/mol. The average Bonchev–Trinajstić information content (AvgIpc) is 2.95. The number of halogens is 1. The maximum absolute atomic E-state index is 14.5. The SMILES string of the molecule is N#Cc1ccc(-c2cc3c(cc2F)CN2C(=O)O[C@@H](CN)[C@@H]2O3)cn1. The first kappa shape index (κ1) is 15.4. The summed E-state index contributed by atoms with van der Waals surface area (Å²) in [4.78, 5) is 17.2. The summed E-state index contributed by atoms with van der Waals surface area (Å²) in [7, 11) is 0. The molecule has 0 aliphatic carbocycles. The Morgan fingerprint density at radius 2 is 2.24 bits per heavy atom. The van der Waals surface area contributed by atoms with Gasteiger partial charge in [0.2, 0.25) is 6.23 Å². The van der Waals surface area contributed by atoms with Gasteiger partial charge < -0.3 is 15.2 Å². The molecule has 0 radical (unpaired) electrons. The number of aromatic nitrogens is 1. The highest BCUT2D eigenvalue weighted by Gasteiger charge is 2.45. The van der Waals surface area contributed by atoms with Gasteiger partial charge in [-0.3, -0.25) is 4.90 Å². The van der Waals surface area contributed by atoms with Crippen LogP contribution in [-0.4, -0.2) is 34.9 Å². The zero-order valence-electron chi connectivity index (χ0n) is 13.0. The number of carbonyl (C=O) groups is 1. The largest absolute Gasteiger partial charge is 0.466 e. The van der Waals surface area contributed by atoms with E-state index in [0.29, 0.717) is 22.4 Å². The van der Waals surface area contributed by atoms with Crippen LogP contribution in [0.4, 0.5) is 9.18 Å². The minimum absolute atomic E-state index is 0.135. The second-order valence-corrected chi connectivity index (χ2v) is 5.78. The number of ether oxygens (including phenoxy) is 2. The fourth-order valence-electron chi connectivity index (χ4n) is 3.00. The van der Waals surface area contributed by atoms with E-state index in [1.807, 2.05) is 6.07 Å². The van der Waals surface area contributed by atoms with Gasteiger partial charge in [0.05, 0.1) is 6.54 Å². The molecule has 2 aliphatic heterocycles. The molecule has 0 spiro atoms. The third-order valence-corrected chi connectivity index (χ3v) is 4.27. The third kappa shape index (κ3) is 2.45. The number of amides is 1. The number of cyclic esters (lactones) is 1. The zero-order valence-corrected chi connectivity index (χ0v) is 13.0. The number of nitrogens with zero attached hydrogens (tertiary/aromatic N) is 3. The molecule has 1 aromatic carbocycles. The molecule has 2 aliphatic rings. The summed E-state index contributed by atoms with van der Waals surface area (Å²) in [6, 6.07) is 7.96. The van der Waals surface area contributed by atoms with Crippen molar-refractivity contribution in [2.45, 2.75) is 18.9 Å². The predicted molar refractivity (Wildman–Crippen MR) is 83.6 cm³/mol. The Bertz CT molecular complexity index is 894. The van der Waals surface area contributed by atoms with Gasteiger partial charge in [-0.1, -0.05) is 0 Å². The average molecular weight is 340 g/mol. The van der Waals surface area contributed by atoms with Crippen molar-refractivity contribution in [3.05, 3.63) is 47.5 Å². The second-order valence-electron chi connectivity index (χ2n) is 5.78. The van der Waals surface area contributed by atoms with Gasteiger partial charge in [-0.15, -0.1) is 0 Å². The van der Waals surface area contributed by atoms with Gasteiger partial charge in [0.1, 0.15) is 23.3 Å². The summed E-state index contributed by atoms with van der Waals surface area (Å²) in [5, 5.41) is 8.81. The Hall–Kier alpha value is -3.18. The lowest BCUT2D eigenvalue weighted by atomic mass is 10.0. The van der Waals surface area contributed by atoms with Gasteiger partial charge in [-0.2, -0.15) is 5.26 Å². The number of nitrogens with two attached hydrogens (primary N) is 1. The molecule has 3 heterocycles. The van der Waals surface area contributed by atoms with Crippen LogP contribution in [0.2, 0.25) is 0 Å². The number of benzene rings is 1. The van der Waals surface area contributed by atoms with Crippen LogP contribution in [0.1, 0.15) is 11.3 Å². The molecule has 25 heavy (non-hydrogen) atoms. The first-order chi connectivity index (χ1) is 12.1. The summed E-state index contributed by atoms with van der Waals surface area (Å²) in [5.41, 5.74) is 7.25. The quantitative estimate of drug-likeness (QED) is 0.894. The first-order valence-electron chi connectivity index (χ1n) is 7.63. The van der Waals surface area contributed by atoms with E-state index in [-0.39, 0.29) is 18.8 Å². The van der Waals surface area contributed by atoms with Gasteiger partial charge in [0.15, 0.2) is 6.10 Å². The van der Waals surface area contributed by atoms with E-state index >= 15 is 0 Å². The van der Waals surface area contributed by atoms with E-state index in [9.17, 15) is 9.18 Å². The van der Waals surface area contributed by atoms with Gasteiger partial charge in [0, 0.05) is 29.4 Å². The first-order valence-corrected chi connectivity index (χ1v) is 7.63. The van der Waals surface area contributed by atoms with Crippen LogP contribution in [0.25, 0.3) is 11.1 Å². The predicted octanol–water partition coefficient (Wildman–Crippen LogP) is 1.76. The molecule has 2 N–H and O–H groups in total. The van der Waals surface area contributed by atoms with Crippen molar-refractivity contribution in [3.63, 3.8) is 0 Å². The molecule has 0 saturated carbocycles. The number of hydrogen-bond donors (Lipinski definition) is 1. The van der Waals surface area contributed by atoms with Crippen LogP contribution < -0.4 is 10.5 Å². The second kappa shape index (κ2) is 5.72. The van der Waals surface area contributed by atoms with E-state index in [1.165, 1.54) is 23.2 Å². The molecule has 8 heteroatoms. The maximum Gasteiger partial charge on any atom is 0.413 e. The van der Waals surface area contributed by atoms with E-state index in [0.717, 1.165) is 0 Å². The molecule has 1 fully saturated rings. The zero-order chi connectivity index (χ0) is 17.6. The van der Waals surface area contributed by atoms with Crippen LogP contribution in [0.5, 0.6) is 5.75 Å². The fourth-order valence-corrected chi connectivity index (χ4v) is 3.00. The summed E-state index contributed by atoms with van der Waals surface area (Å²) < 4.78 is 25.5. The standard InChI is InChI=1S/C17H13FN4O3/c18-13-3-10-8-22-16(15(6-20)25-17(22)23)24-14(10)4-12(13)9-1-2-11(5-19)21-7-9/h1-4,7,15-16H,6,8,20H2/t15-,16-/m0/s1. The molecule has 0 unspecified atom stereocenters. The topological polar surface area (TPSA) is 101 Å². The molecule has 126 valence electrons. The van der Waals surface area contributed by atoms with Gasteiger partial charge in [-0.05, 0) is 24.3 Å².